The minimum Gasteiger partial charge on any atom is -0.496 e. The van der Waals surface area contributed by atoms with Crippen molar-refractivity contribution in [3.05, 3.63) is 28.8 Å². The molecule has 0 saturated heterocycles. The van der Waals surface area contributed by atoms with Gasteiger partial charge in [0.05, 0.1) is 18.8 Å². The van der Waals surface area contributed by atoms with Gasteiger partial charge >= 0.3 is 0 Å². The second-order valence-electron chi connectivity index (χ2n) is 4.90. The van der Waals surface area contributed by atoms with Gasteiger partial charge in [0.25, 0.3) is 0 Å². The van der Waals surface area contributed by atoms with Crippen molar-refractivity contribution in [1.29, 1.82) is 0 Å². The van der Waals surface area contributed by atoms with Crippen molar-refractivity contribution in [2.45, 2.75) is 38.4 Å². The van der Waals surface area contributed by atoms with Crippen LogP contribution in [0.2, 0.25) is 5.02 Å². The fourth-order valence-corrected chi connectivity index (χ4v) is 1.86. The van der Waals surface area contributed by atoms with Gasteiger partial charge in [-0.2, -0.15) is 0 Å². The van der Waals surface area contributed by atoms with E-state index in [1.165, 1.54) is 0 Å². The summed E-state index contributed by atoms with van der Waals surface area (Å²) in [5.74, 6) is 0.616. The maximum atomic E-state index is 10.2. The van der Waals surface area contributed by atoms with E-state index in [1.807, 2.05) is 13.8 Å². The van der Waals surface area contributed by atoms with Crippen LogP contribution in [0.3, 0.4) is 0 Å². The molecule has 0 radical (unpaired) electrons. The van der Waals surface area contributed by atoms with Crippen LogP contribution < -0.4 is 4.74 Å². The van der Waals surface area contributed by atoms with Crippen molar-refractivity contribution in [2.75, 3.05) is 14.2 Å². The first-order chi connectivity index (χ1) is 8.39. The van der Waals surface area contributed by atoms with Crippen LogP contribution in [0.5, 0.6) is 5.75 Å². The molecule has 1 rings (SSSR count). The van der Waals surface area contributed by atoms with Crippen LogP contribution in [-0.4, -0.2) is 24.9 Å². The molecule has 1 N–H and O–H groups in total. The fraction of sp³-hybridized carbons (Fsp3) is 0.571. The summed E-state index contributed by atoms with van der Waals surface area (Å²) in [6, 6.07) is 5.26. The lowest BCUT2D eigenvalue weighted by Gasteiger charge is -2.24. The van der Waals surface area contributed by atoms with E-state index in [0.29, 0.717) is 17.2 Å². The minimum atomic E-state index is -0.577. The summed E-state index contributed by atoms with van der Waals surface area (Å²) in [7, 11) is 3.25. The molecule has 3 nitrogen and oxygen atoms in total. The molecule has 102 valence electrons. The van der Waals surface area contributed by atoms with Crippen molar-refractivity contribution in [1.82, 2.24) is 0 Å². The summed E-state index contributed by atoms with van der Waals surface area (Å²) in [6.07, 6.45) is 0.793. The summed E-state index contributed by atoms with van der Waals surface area (Å²) >= 11 is 5.89. The van der Waals surface area contributed by atoms with Crippen LogP contribution in [0.1, 0.15) is 38.4 Å². The molecule has 0 saturated carbocycles. The molecular weight excluding hydrogens is 252 g/mol. The highest BCUT2D eigenvalue weighted by Crippen LogP contribution is 2.32. The van der Waals surface area contributed by atoms with Crippen LogP contribution in [0.15, 0.2) is 18.2 Å². The van der Waals surface area contributed by atoms with Gasteiger partial charge in [-0.1, -0.05) is 17.7 Å². The highest BCUT2D eigenvalue weighted by atomic mass is 35.5. The van der Waals surface area contributed by atoms with Gasteiger partial charge in [-0.15, -0.1) is 0 Å². The van der Waals surface area contributed by atoms with Crippen molar-refractivity contribution < 1.29 is 14.6 Å². The predicted molar refractivity (Wildman–Crippen MR) is 73.3 cm³/mol. The van der Waals surface area contributed by atoms with Crippen LogP contribution in [0.25, 0.3) is 0 Å². The highest BCUT2D eigenvalue weighted by Gasteiger charge is 2.20. The van der Waals surface area contributed by atoms with Gasteiger partial charge in [0, 0.05) is 17.7 Å². The molecule has 4 heteroatoms. The Hall–Kier alpha value is -0.770. The van der Waals surface area contributed by atoms with Gasteiger partial charge in [-0.3, -0.25) is 0 Å². The normalized spacial score (nSPS) is 13.4. The average Bonchev–Trinajstić information content (AvgIpc) is 2.36. The van der Waals surface area contributed by atoms with E-state index in [0.717, 1.165) is 12.0 Å². The number of methoxy groups -OCH3 is 2. The topological polar surface area (TPSA) is 38.7 Å². The standard InChI is InChI=1S/C14H21ClO3/c1-14(2,18-4)8-7-12(16)11-6-5-10(15)9-13(11)17-3/h5-6,9,12,16H,7-8H2,1-4H3. The van der Waals surface area contributed by atoms with E-state index < -0.39 is 6.10 Å². The van der Waals surface area contributed by atoms with Gasteiger partial charge in [-0.05, 0) is 38.8 Å². The van der Waals surface area contributed by atoms with E-state index in [-0.39, 0.29) is 5.60 Å². The van der Waals surface area contributed by atoms with Gasteiger partial charge < -0.3 is 14.6 Å². The molecule has 0 aliphatic heterocycles. The minimum absolute atomic E-state index is 0.235. The first-order valence-corrected chi connectivity index (χ1v) is 6.34. The zero-order valence-electron chi connectivity index (χ0n) is 11.4. The summed E-state index contributed by atoms with van der Waals surface area (Å²) in [4.78, 5) is 0. The Morgan fingerprint density at radius 3 is 2.56 bits per heavy atom. The van der Waals surface area contributed by atoms with Crippen molar-refractivity contribution >= 4 is 11.6 Å². The third-order valence-corrected chi connectivity index (χ3v) is 3.36. The maximum absolute atomic E-state index is 10.2. The summed E-state index contributed by atoms with van der Waals surface area (Å²) in [6.45, 7) is 4.00. The Labute approximate surface area is 114 Å². The summed E-state index contributed by atoms with van der Waals surface area (Å²) < 4.78 is 10.6. The summed E-state index contributed by atoms with van der Waals surface area (Å²) in [5.41, 5.74) is 0.523. The van der Waals surface area contributed by atoms with E-state index in [4.69, 9.17) is 21.1 Å². The number of aliphatic hydroxyl groups is 1. The van der Waals surface area contributed by atoms with Gasteiger partial charge in [-0.25, -0.2) is 0 Å². The molecule has 1 aromatic carbocycles. The molecule has 0 heterocycles. The Bertz CT molecular complexity index is 391. The van der Waals surface area contributed by atoms with Gasteiger partial charge in [0.15, 0.2) is 0 Å². The Balaban J connectivity index is 2.75. The Morgan fingerprint density at radius 2 is 2.00 bits per heavy atom. The van der Waals surface area contributed by atoms with E-state index in [9.17, 15) is 5.11 Å². The number of halogens is 1. The number of aliphatic hydroxyl groups excluding tert-OH is 1. The highest BCUT2D eigenvalue weighted by molar-refractivity contribution is 6.30. The molecule has 1 aromatic rings. The van der Waals surface area contributed by atoms with Crippen LogP contribution >= 0.6 is 11.6 Å². The molecule has 0 bridgehead atoms. The van der Waals surface area contributed by atoms with Crippen LogP contribution in [-0.2, 0) is 4.74 Å². The van der Waals surface area contributed by atoms with E-state index >= 15 is 0 Å². The SMILES string of the molecule is COc1cc(Cl)ccc1C(O)CCC(C)(C)OC. The first kappa shape index (κ1) is 15.3. The van der Waals surface area contributed by atoms with Gasteiger partial charge in [0.1, 0.15) is 5.75 Å². The van der Waals surface area contributed by atoms with Crippen LogP contribution in [0.4, 0.5) is 0 Å². The second-order valence-corrected chi connectivity index (χ2v) is 5.34. The zero-order valence-corrected chi connectivity index (χ0v) is 12.1. The van der Waals surface area contributed by atoms with Crippen molar-refractivity contribution in [2.24, 2.45) is 0 Å². The molecule has 1 unspecified atom stereocenters. The van der Waals surface area contributed by atoms with Crippen LogP contribution in [0, 0.1) is 0 Å². The number of hydrogen-bond acceptors (Lipinski definition) is 3. The lowest BCUT2D eigenvalue weighted by Crippen LogP contribution is -2.23. The first-order valence-electron chi connectivity index (χ1n) is 5.96. The Morgan fingerprint density at radius 1 is 1.33 bits per heavy atom. The molecule has 0 spiro atoms. The average molecular weight is 273 g/mol. The molecule has 1 atom stereocenters. The number of rotatable bonds is 6. The molecule has 0 fully saturated rings. The molecule has 0 aromatic heterocycles. The molecule has 0 amide bonds. The van der Waals surface area contributed by atoms with Gasteiger partial charge in [0.2, 0.25) is 0 Å². The molecule has 0 aliphatic rings. The summed E-state index contributed by atoms with van der Waals surface area (Å²) in [5, 5.41) is 10.8. The Kier molecular flexibility index (Phi) is 5.45. The number of hydrogen-bond donors (Lipinski definition) is 1. The lowest BCUT2D eigenvalue weighted by atomic mass is 9.96. The number of ether oxygens (including phenoxy) is 2. The quantitative estimate of drug-likeness (QED) is 0.860. The monoisotopic (exact) mass is 272 g/mol. The smallest absolute Gasteiger partial charge is 0.126 e. The van der Waals surface area contributed by atoms with E-state index in [1.54, 1.807) is 32.4 Å². The molecular formula is C14H21ClO3. The number of benzene rings is 1. The predicted octanol–water partition coefficient (Wildman–Crippen LogP) is 3.59. The van der Waals surface area contributed by atoms with Crippen molar-refractivity contribution in [3.63, 3.8) is 0 Å². The molecule has 18 heavy (non-hydrogen) atoms. The fourth-order valence-electron chi connectivity index (χ4n) is 1.70. The largest absolute Gasteiger partial charge is 0.496 e. The third kappa shape index (κ3) is 4.16. The second kappa shape index (κ2) is 6.41. The molecule has 0 aliphatic carbocycles. The lowest BCUT2D eigenvalue weighted by molar-refractivity contribution is 0.00259. The van der Waals surface area contributed by atoms with E-state index in [2.05, 4.69) is 0 Å². The maximum Gasteiger partial charge on any atom is 0.126 e. The zero-order chi connectivity index (χ0) is 13.8. The van der Waals surface area contributed by atoms with Crippen molar-refractivity contribution in [3.8, 4) is 5.75 Å². The third-order valence-electron chi connectivity index (χ3n) is 3.13.